The van der Waals surface area contributed by atoms with Crippen molar-refractivity contribution in [3.63, 3.8) is 0 Å². The summed E-state index contributed by atoms with van der Waals surface area (Å²) in [5.74, 6) is 2.16. The lowest BCUT2D eigenvalue weighted by atomic mass is 10.00. The summed E-state index contributed by atoms with van der Waals surface area (Å²) in [6.07, 6.45) is 0. The van der Waals surface area contributed by atoms with Gasteiger partial charge >= 0.3 is 5.82 Å². The largest absolute Gasteiger partial charge is 0.309 e. The van der Waals surface area contributed by atoms with Crippen LogP contribution in [0.1, 0.15) is 0 Å². The summed E-state index contributed by atoms with van der Waals surface area (Å²) in [4.78, 5) is 14.2. The molecule has 13 rings (SSSR count). The summed E-state index contributed by atoms with van der Waals surface area (Å²) in [5, 5.41) is 12.2. The highest BCUT2D eigenvalue weighted by molar-refractivity contribution is 6.28. The molecule has 0 unspecified atom stereocenters. The van der Waals surface area contributed by atoms with Gasteiger partial charge < -0.3 is 9.13 Å². The zero-order valence-electron chi connectivity index (χ0n) is 33.5. The zero-order valence-corrected chi connectivity index (χ0v) is 33.5. The average molecular weight is 791 g/mol. The van der Waals surface area contributed by atoms with Crippen molar-refractivity contribution in [1.82, 2.24) is 19.1 Å². The molecule has 0 saturated heterocycles. The normalized spacial score (nSPS) is 11.9. The summed E-state index contributed by atoms with van der Waals surface area (Å²) in [7, 11) is 0. The van der Waals surface area contributed by atoms with Crippen LogP contribution in [0.3, 0.4) is 0 Å². The van der Waals surface area contributed by atoms with Crippen molar-refractivity contribution in [2.24, 2.45) is 0 Å². The number of para-hydroxylation sites is 2. The fourth-order valence-corrected chi connectivity index (χ4v) is 9.71. The highest BCUT2D eigenvalue weighted by Gasteiger charge is 2.23. The van der Waals surface area contributed by atoms with Gasteiger partial charge in [-0.25, -0.2) is 4.98 Å². The van der Waals surface area contributed by atoms with Crippen LogP contribution in [0.25, 0.3) is 121 Å². The van der Waals surface area contributed by atoms with Gasteiger partial charge in [-0.1, -0.05) is 137 Å². The fraction of sp³-hybridized carbons (Fsp3) is 0. The van der Waals surface area contributed by atoms with E-state index in [1.165, 1.54) is 65.0 Å². The molecule has 10 aromatic carbocycles. The van der Waals surface area contributed by atoms with E-state index in [1.54, 1.807) is 0 Å². The monoisotopic (exact) mass is 790 g/mol. The van der Waals surface area contributed by atoms with Gasteiger partial charge in [0.1, 0.15) is 0 Å². The van der Waals surface area contributed by atoms with Gasteiger partial charge in [-0.3, -0.25) is 0 Å². The van der Waals surface area contributed by atoms with Crippen LogP contribution in [-0.4, -0.2) is 19.1 Å². The van der Waals surface area contributed by atoms with Crippen LogP contribution in [0.15, 0.2) is 212 Å². The van der Waals surface area contributed by atoms with Crippen molar-refractivity contribution in [1.29, 1.82) is 0 Å². The molecule has 13 aromatic rings. The SMILES string of the molecule is c1ccc(-n2c3ccccc3c3cc(-c4nc(-c5ccc(-n6c7ccc8ccccc8c7c7c8ccccc8ccc76)cc5)nc(-c5ccc6ccccc6c5)[nH+]4)ccc32)cc1. The van der Waals surface area contributed by atoms with E-state index in [0.29, 0.717) is 5.82 Å². The summed E-state index contributed by atoms with van der Waals surface area (Å²) < 4.78 is 4.74. The van der Waals surface area contributed by atoms with Crippen LogP contribution in [0.4, 0.5) is 0 Å². The third-order valence-electron chi connectivity index (χ3n) is 12.6. The van der Waals surface area contributed by atoms with Gasteiger partial charge in [0, 0.05) is 32.9 Å². The Morgan fingerprint density at radius 3 is 1.47 bits per heavy atom. The molecule has 5 nitrogen and oxygen atoms in total. The Kier molecular flexibility index (Phi) is 7.54. The molecular formula is C57H36N5+. The molecule has 3 heterocycles. The smallest absolute Gasteiger partial charge is 0.308 e. The van der Waals surface area contributed by atoms with E-state index in [0.717, 1.165) is 50.6 Å². The third-order valence-corrected chi connectivity index (χ3v) is 12.6. The topological polar surface area (TPSA) is 49.8 Å². The molecule has 0 aliphatic carbocycles. The minimum atomic E-state index is 0.652. The lowest BCUT2D eigenvalue weighted by molar-refractivity contribution is -0.359. The van der Waals surface area contributed by atoms with Gasteiger partial charge in [-0.15, -0.1) is 0 Å². The average Bonchev–Trinajstić information content (AvgIpc) is 3.87. The number of nitrogens with one attached hydrogen (secondary N) is 1. The van der Waals surface area contributed by atoms with E-state index in [1.807, 2.05) is 0 Å². The summed E-state index contributed by atoms with van der Waals surface area (Å²) in [6, 6.07) is 76.0. The summed E-state index contributed by atoms with van der Waals surface area (Å²) >= 11 is 0. The number of hydrogen-bond acceptors (Lipinski definition) is 2. The fourth-order valence-electron chi connectivity index (χ4n) is 9.71. The van der Waals surface area contributed by atoms with Crippen LogP contribution in [0.2, 0.25) is 0 Å². The van der Waals surface area contributed by atoms with Crippen molar-refractivity contribution in [2.75, 3.05) is 0 Å². The maximum atomic E-state index is 5.29. The van der Waals surface area contributed by atoms with Crippen molar-refractivity contribution in [2.45, 2.75) is 0 Å². The molecule has 0 aliphatic heterocycles. The number of fused-ring (bicyclic) bond motifs is 11. The van der Waals surface area contributed by atoms with Crippen LogP contribution < -0.4 is 4.98 Å². The molecule has 0 amide bonds. The van der Waals surface area contributed by atoms with Gasteiger partial charge in [0.15, 0.2) is 0 Å². The summed E-state index contributed by atoms with van der Waals surface area (Å²) in [6.45, 7) is 0. The van der Waals surface area contributed by atoms with Crippen LogP contribution in [0.5, 0.6) is 0 Å². The van der Waals surface area contributed by atoms with Gasteiger partial charge in [-0.05, 0) is 117 Å². The number of rotatable bonds is 5. The Bertz CT molecular complexity index is 3820. The molecule has 5 heteroatoms. The van der Waals surface area contributed by atoms with Crippen LogP contribution >= 0.6 is 0 Å². The van der Waals surface area contributed by atoms with E-state index in [9.17, 15) is 0 Å². The van der Waals surface area contributed by atoms with E-state index >= 15 is 0 Å². The lowest BCUT2D eigenvalue weighted by Gasteiger charge is -2.09. The van der Waals surface area contributed by atoms with Crippen molar-refractivity contribution in [3.05, 3.63) is 212 Å². The van der Waals surface area contributed by atoms with Crippen molar-refractivity contribution >= 4 is 75.9 Å². The Labute approximate surface area is 356 Å². The predicted octanol–water partition coefficient (Wildman–Crippen LogP) is 13.9. The van der Waals surface area contributed by atoms with E-state index < -0.39 is 0 Å². The van der Waals surface area contributed by atoms with Gasteiger partial charge in [0.2, 0.25) is 0 Å². The minimum absolute atomic E-state index is 0.652. The first kappa shape index (κ1) is 34.5. The van der Waals surface area contributed by atoms with Gasteiger partial charge in [-0.2, -0.15) is 0 Å². The molecule has 0 radical (unpaired) electrons. The van der Waals surface area contributed by atoms with Gasteiger partial charge in [0.25, 0.3) is 11.6 Å². The standard InChI is InChI=1S/C57H35N5/c1-2-16-43(17-3-1)61-49-21-11-10-20-47(49)48-35-42(28-31-50(48)61)57-59-55(58-56(60-57)41-23-22-36-12-4-5-15-40(36)34-41)39-24-29-44(30-25-39)62-51-32-26-37-13-6-8-18-45(37)53(51)54-46-19-9-7-14-38(46)27-33-52(54)62/h1-35H/p+1. The third kappa shape index (κ3) is 5.32. The van der Waals surface area contributed by atoms with Crippen LogP contribution in [0, 0.1) is 0 Å². The second-order valence-electron chi connectivity index (χ2n) is 16.1. The second-order valence-corrected chi connectivity index (χ2v) is 16.1. The molecule has 0 atom stereocenters. The van der Waals surface area contributed by atoms with Crippen molar-refractivity contribution in [3.8, 4) is 45.5 Å². The molecule has 1 N–H and O–H groups in total. The highest BCUT2D eigenvalue weighted by atomic mass is 15.0. The number of aromatic nitrogens is 5. The molecule has 0 aliphatic rings. The molecular weight excluding hydrogens is 755 g/mol. The van der Waals surface area contributed by atoms with Crippen LogP contribution in [-0.2, 0) is 0 Å². The van der Waals surface area contributed by atoms with E-state index in [4.69, 9.17) is 9.97 Å². The quantitative estimate of drug-likeness (QED) is 0.174. The molecule has 0 fully saturated rings. The Balaban J connectivity index is 0.992. The molecule has 0 saturated carbocycles. The maximum absolute atomic E-state index is 5.29. The molecule has 0 bridgehead atoms. The molecule has 288 valence electrons. The molecule has 62 heavy (non-hydrogen) atoms. The van der Waals surface area contributed by atoms with E-state index in [-0.39, 0.29) is 0 Å². The first-order valence-electron chi connectivity index (χ1n) is 21.1. The van der Waals surface area contributed by atoms with Gasteiger partial charge in [0.05, 0.1) is 38.8 Å². The Hall–Kier alpha value is -8.41. The Morgan fingerprint density at radius 2 is 0.774 bits per heavy atom. The molecule has 0 spiro atoms. The lowest BCUT2D eigenvalue weighted by Crippen LogP contribution is -2.17. The Morgan fingerprint density at radius 1 is 0.306 bits per heavy atom. The first-order chi connectivity index (χ1) is 30.7. The maximum Gasteiger partial charge on any atom is 0.308 e. The second kappa shape index (κ2) is 13.6. The number of hydrogen-bond donors (Lipinski definition) is 0. The number of benzene rings is 10. The molecule has 3 aromatic heterocycles. The minimum Gasteiger partial charge on any atom is -0.309 e. The summed E-state index contributed by atoms with van der Waals surface area (Å²) in [5.41, 5.74) is 9.80. The van der Waals surface area contributed by atoms with E-state index in [2.05, 4.69) is 226 Å². The predicted molar refractivity (Wildman–Crippen MR) is 256 cm³/mol. The zero-order chi connectivity index (χ0) is 40.7. The number of aromatic amines is 1. The number of H-pyrrole nitrogens is 1. The number of nitrogens with zero attached hydrogens (tertiary/aromatic N) is 4. The van der Waals surface area contributed by atoms with Crippen molar-refractivity contribution < 1.29 is 4.98 Å². The first-order valence-corrected chi connectivity index (χ1v) is 21.1. The highest BCUT2D eigenvalue weighted by Crippen LogP contribution is 2.41.